The maximum atomic E-state index is 12.0. The minimum atomic E-state index is -1.19. The Labute approximate surface area is 199 Å². The number of aliphatic hydroxyl groups is 2. The van der Waals surface area contributed by atoms with Crippen LogP contribution in [0.3, 0.4) is 0 Å². The molecule has 2 atom stereocenters. The van der Waals surface area contributed by atoms with Crippen molar-refractivity contribution >= 4 is 5.97 Å². The second-order valence-corrected chi connectivity index (χ2v) is 10.1. The number of phenolic OH excluding ortho intramolecular Hbond substituents is 1. The second kappa shape index (κ2) is 10.1. The molecule has 184 valence electrons. The number of aromatic hydroxyl groups is 1. The first-order chi connectivity index (χ1) is 16.0. The molecule has 0 spiro atoms. The molecule has 2 aromatic carbocycles. The number of aliphatic hydroxyl groups excluding tert-OH is 2. The highest BCUT2D eigenvalue weighted by Crippen LogP contribution is 2.46. The summed E-state index contributed by atoms with van der Waals surface area (Å²) in [5.41, 5.74) is 3.24. The van der Waals surface area contributed by atoms with E-state index in [1.54, 1.807) is 0 Å². The monoisotopic (exact) mass is 471 g/mol. The van der Waals surface area contributed by atoms with Crippen LogP contribution >= 0.6 is 0 Å². The predicted octanol–water partition coefficient (Wildman–Crippen LogP) is 4.14. The molecule has 0 fully saturated rings. The van der Waals surface area contributed by atoms with E-state index in [4.69, 9.17) is 14.6 Å². The van der Waals surface area contributed by atoms with Crippen LogP contribution in [0.2, 0.25) is 0 Å². The van der Waals surface area contributed by atoms with Crippen LogP contribution in [0.4, 0.5) is 0 Å². The third-order valence-electron chi connectivity index (χ3n) is 6.60. The van der Waals surface area contributed by atoms with E-state index in [2.05, 4.69) is 45.0 Å². The van der Waals surface area contributed by atoms with Crippen LogP contribution in [-0.4, -0.2) is 47.2 Å². The van der Waals surface area contributed by atoms with Crippen molar-refractivity contribution in [1.82, 2.24) is 0 Å². The van der Waals surface area contributed by atoms with Crippen molar-refractivity contribution in [3.8, 4) is 11.5 Å². The van der Waals surface area contributed by atoms with Gasteiger partial charge in [0, 0.05) is 6.07 Å². The van der Waals surface area contributed by atoms with Gasteiger partial charge in [0.1, 0.15) is 36.4 Å². The first-order valence-electron chi connectivity index (χ1n) is 11.4. The normalized spacial score (nSPS) is 17.8. The van der Waals surface area contributed by atoms with Crippen molar-refractivity contribution in [2.75, 3.05) is 19.8 Å². The zero-order chi connectivity index (χ0) is 25.1. The Balaban J connectivity index is 1.72. The Bertz CT molecular complexity index is 1050. The standard InChI is InChI=1S/C26H33NO7/c1-25(2)9-10-26(3,4)21-11-16(5-8-20(21)25)22(27-32)15-33-18-6-7-19(23(30)12-18)24(31)34-14-17(29)13-28/h5-8,11-12,17,22,28-30H,9-10,13-15H2,1-4H3. The van der Waals surface area contributed by atoms with Crippen LogP contribution in [0.15, 0.2) is 41.6 Å². The molecule has 8 heteroatoms. The quantitative estimate of drug-likeness (QED) is 0.371. The lowest BCUT2D eigenvalue weighted by molar-refractivity contribution is 0.00913. The van der Waals surface area contributed by atoms with Gasteiger partial charge >= 0.3 is 5.97 Å². The average Bonchev–Trinajstić information content (AvgIpc) is 2.80. The summed E-state index contributed by atoms with van der Waals surface area (Å²) in [5, 5.41) is 31.5. The fourth-order valence-corrected chi connectivity index (χ4v) is 4.25. The SMILES string of the molecule is CC1(C)CCC(C)(C)c2cc(C(COc3ccc(C(=O)OCC(O)CO)c(O)c3)N=O)ccc21. The van der Waals surface area contributed by atoms with E-state index in [1.165, 1.54) is 29.3 Å². The smallest absolute Gasteiger partial charge is 0.342 e. The molecule has 1 aliphatic carbocycles. The number of hydrogen-bond acceptors (Lipinski definition) is 8. The van der Waals surface area contributed by atoms with Crippen LogP contribution in [-0.2, 0) is 15.6 Å². The summed E-state index contributed by atoms with van der Waals surface area (Å²) in [5.74, 6) is -0.949. The first kappa shape index (κ1) is 25.6. The highest BCUT2D eigenvalue weighted by molar-refractivity contribution is 5.92. The average molecular weight is 472 g/mol. The zero-order valence-electron chi connectivity index (χ0n) is 20.1. The minimum Gasteiger partial charge on any atom is -0.507 e. The molecule has 0 bridgehead atoms. The number of nitrogens with zero attached hydrogens (tertiary/aromatic N) is 1. The van der Waals surface area contributed by atoms with Crippen molar-refractivity contribution in [1.29, 1.82) is 0 Å². The van der Waals surface area contributed by atoms with Gasteiger partial charge in [0.15, 0.2) is 6.04 Å². The number of rotatable bonds is 9. The van der Waals surface area contributed by atoms with Crippen LogP contribution in [0.25, 0.3) is 0 Å². The van der Waals surface area contributed by atoms with Gasteiger partial charge in [-0.05, 0) is 52.5 Å². The Morgan fingerprint density at radius 2 is 1.71 bits per heavy atom. The van der Waals surface area contributed by atoms with Crippen molar-refractivity contribution in [2.45, 2.75) is 63.5 Å². The van der Waals surface area contributed by atoms with Crippen molar-refractivity contribution in [2.24, 2.45) is 5.18 Å². The number of nitroso groups, excluding NO2 is 1. The molecular formula is C26H33NO7. The molecule has 0 radical (unpaired) electrons. The summed E-state index contributed by atoms with van der Waals surface area (Å²) in [7, 11) is 0. The van der Waals surface area contributed by atoms with Crippen molar-refractivity contribution < 1.29 is 29.6 Å². The van der Waals surface area contributed by atoms with E-state index in [1.807, 2.05) is 6.07 Å². The van der Waals surface area contributed by atoms with Gasteiger partial charge in [0.2, 0.25) is 0 Å². The number of benzene rings is 2. The summed E-state index contributed by atoms with van der Waals surface area (Å²) in [6.45, 7) is 7.93. The van der Waals surface area contributed by atoms with Crippen LogP contribution < -0.4 is 4.74 Å². The molecule has 2 unspecified atom stereocenters. The topological polar surface area (TPSA) is 126 Å². The molecular weight excluding hydrogens is 438 g/mol. The molecule has 2 aromatic rings. The lowest BCUT2D eigenvalue weighted by Crippen LogP contribution is -2.34. The Morgan fingerprint density at radius 3 is 2.32 bits per heavy atom. The molecule has 0 heterocycles. The highest BCUT2D eigenvalue weighted by atomic mass is 16.5. The lowest BCUT2D eigenvalue weighted by Gasteiger charge is -2.42. The van der Waals surface area contributed by atoms with E-state index >= 15 is 0 Å². The molecule has 0 aromatic heterocycles. The summed E-state index contributed by atoms with van der Waals surface area (Å²) < 4.78 is 10.5. The van der Waals surface area contributed by atoms with Gasteiger partial charge in [0.05, 0.1) is 6.61 Å². The molecule has 8 nitrogen and oxygen atoms in total. The predicted molar refractivity (Wildman–Crippen MR) is 127 cm³/mol. The number of phenols is 1. The Kier molecular flexibility index (Phi) is 7.63. The van der Waals surface area contributed by atoms with E-state index in [0.29, 0.717) is 0 Å². The maximum Gasteiger partial charge on any atom is 0.342 e. The fourth-order valence-electron chi connectivity index (χ4n) is 4.25. The van der Waals surface area contributed by atoms with Gasteiger partial charge < -0.3 is 24.8 Å². The highest BCUT2D eigenvalue weighted by Gasteiger charge is 2.37. The number of carbonyl (C=O) groups excluding carboxylic acids is 1. The number of carbonyl (C=O) groups is 1. The maximum absolute atomic E-state index is 12.0. The molecule has 0 aliphatic heterocycles. The second-order valence-electron chi connectivity index (χ2n) is 10.1. The first-order valence-corrected chi connectivity index (χ1v) is 11.4. The molecule has 3 N–H and O–H groups in total. The molecule has 1 aliphatic rings. The third-order valence-corrected chi connectivity index (χ3v) is 6.60. The number of ether oxygens (including phenoxy) is 2. The summed E-state index contributed by atoms with van der Waals surface area (Å²) in [6.07, 6.45) is 0.959. The Hall–Kier alpha value is -2.97. The van der Waals surface area contributed by atoms with Crippen LogP contribution in [0.5, 0.6) is 11.5 Å². The lowest BCUT2D eigenvalue weighted by atomic mass is 9.63. The van der Waals surface area contributed by atoms with Gasteiger partial charge in [-0.1, -0.05) is 51.1 Å². The van der Waals surface area contributed by atoms with Gasteiger partial charge in [-0.2, -0.15) is 4.91 Å². The summed E-state index contributed by atoms with van der Waals surface area (Å²) in [4.78, 5) is 23.7. The Morgan fingerprint density at radius 1 is 1.03 bits per heavy atom. The summed E-state index contributed by atoms with van der Waals surface area (Å²) in [6, 6.07) is 9.38. The molecule has 34 heavy (non-hydrogen) atoms. The minimum absolute atomic E-state index is 0.00138. The molecule has 3 rings (SSSR count). The van der Waals surface area contributed by atoms with Gasteiger partial charge in [0.25, 0.3) is 0 Å². The van der Waals surface area contributed by atoms with E-state index in [9.17, 15) is 19.9 Å². The zero-order valence-corrected chi connectivity index (χ0v) is 20.1. The molecule has 0 saturated carbocycles. The van der Waals surface area contributed by atoms with Crippen LogP contribution in [0.1, 0.15) is 73.6 Å². The largest absolute Gasteiger partial charge is 0.507 e. The molecule has 0 saturated heterocycles. The molecule has 0 amide bonds. The van der Waals surface area contributed by atoms with Crippen molar-refractivity contribution in [3.63, 3.8) is 0 Å². The number of hydrogen-bond donors (Lipinski definition) is 3. The third kappa shape index (κ3) is 5.56. The summed E-state index contributed by atoms with van der Waals surface area (Å²) >= 11 is 0. The van der Waals surface area contributed by atoms with Gasteiger partial charge in [-0.25, -0.2) is 4.79 Å². The number of fused-ring (bicyclic) bond motifs is 1. The van der Waals surface area contributed by atoms with E-state index in [-0.39, 0.29) is 34.5 Å². The fraction of sp³-hybridized carbons (Fsp3) is 0.500. The van der Waals surface area contributed by atoms with Crippen LogP contribution in [0, 0.1) is 4.91 Å². The van der Waals surface area contributed by atoms with E-state index in [0.717, 1.165) is 18.4 Å². The number of esters is 1. The van der Waals surface area contributed by atoms with Gasteiger partial charge in [-0.3, -0.25) is 0 Å². The van der Waals surface area contributed by atoms with Gasteiger partial charge in [-0.15, -0.1) is 0 Å². The van der Waals surface area contributed by atoms with Crippen molar-refractivity contribution in [3.05, 3.63) is 63.6 Å². The van der Waals surface area contributed by atoms with E-state index < -0.39 is 31.3 Å².